The molecule has 112 valence electrons. The van der Waals surface area contributed by atoms with E-state index in [1.165, 1.54) is 0 Å². The zero-order valence-electron chi connectivity index (χ0n) is 12.3. The number of methoxy groups -OCH3 is 1. The minimum atomic E-state index is -0.0174. The first-order chi connectivity index (χ1) is 10.2. The van der Waals surface area contributed by atoms with Crippen molar-refractivity contribution in [1.82, 2.24) is 0 Å². The number of anilines is 1. The number of ether oxygens (including phenoxy) is 2. The van der Waals surface area contributed by atoms with Crippen molar-refractivity contribution in [2.75, 3.05) is 25.6 Å². The van der Waals surface area contributed by atoms with Crippen LogP contribution >= 0.6 is 11.6 Å². The zero-order valence-corrected chi connectivity index (χ0v) is 13.1. The van der Waals surface area contributed by atoms with Crippen molar-refractivity contribution in [1.29, 1.82) is 0 Å². The van der Waals surface area contributed by atoms with Crippen molar-refractivity contribution < 1.29 is 9.47 Å². The Hall–Kier alpha value is -1.87. The van der Waals surface area contributed by atoms with Crippen LogP contribution in [-0.2, 0) is 0 Å². The minimum absolute atomic E-state index is 0.0174. The zero-order chi connectivity index (χ0) is 15.1. The maximum Gasteiger partial charge on any atom is 0.119 e. The molecule has 4 heteroatoms. The molecule has 0 saturated heterocycles. The van der Waals surface area contributed by atoms with Gasteiger partial charge in [0.2, 0.25) is 0 Å². The van der Waals surface area contributed by atoms with Crippen LogP contribution in [0.5, 0.6) is 11.5 Å². The topological polar surface area (TPSA) is 30.5 Å². The molecule has 0 spiro atoms. The van der Waals surface area contributed by atoms with Crippen LogP contribution in [0.3, 0.4) is 0 Å². The molecule has 0 aliphatic carbocycles. The molecule has 21 heavy (non-hydrogen) atoms. The van der Waals surface area contributed by atoms with Crippen LogP contribution in [0.25, 0.3) is 0 Å². The molecule has 1 unspecified atom stereocenters. The molecule has 1 atom stereocenters. The third-order valence-electron chi connectivity index (χ3n) is 3.14. The molecule has 0 aliphatic rings. The van der Waals surface area contributed by atoms with Crippen molar-refractivity contribution in [3.63, 3.8) is 0 Å². The highest BCUT2D eigenvalue weighted by Crippen LogP contribution is 2.26. The van der Waals surface area contributed by atoms with Gasteiger partial charge < -0.3 is 14.8 Å². The number of alkyl halides is 1. The highest BCUT2D eigenvalue weighted by atomic mass is 35.5. The van der Waals surface area contributed by atoms with Crippen LogP contribution in [-0.4, -0.2) is 20.3 Å². The molecule has 2 aromatic rings. The summed E-state index contributed by atoms with van der Waals surface area (Å²) in [4.78, 5) is 0. The fourth-order valence-corrected chi connectivity index (χ4v) is 2.22. The van der Waals surface area contributed by atoms with Gasteiger partial charge in [-0.15, -0.1) is 11.6 Å². The van der Waals surface area contributed by atoms with Crippen LogP contribution in [0, 0.1) is 0 Å². The predicted molar refractivity (Wildman–Crippen MR) is 87.7 cm³/mol. The maximum absolute atomic E-state index is 6.16. The molecular formula is C17H20ClNO2. The lowest BCUT2D eigenvalue weighted by atomic mass is 10.1. The standard InChI is InChI=1S/C17H20ClNO2/c1-13(18)16-5-3-4-6-17(16)19-11-12-21-15-9-7-14(20-2)8-10-15/h3-10,13,19H,11-12H2,1-2H3. The van der Waals surface area contributed by atoms with Gasteiger partial charge in [-0.3, -0.25) is 0 Å². The Morgan fingerprint density at radius 2 is 1.71 bits per heavy atom. The largest absolute Gasteiger partial charge is 0.497 e. The van der Waals surface area contributed by atoms with E-state index in [-0.39, 0.29) is 5.38 Å². The molecule has 0 aromatic heterocycles. The molecule has 0 saturated carbocycles. The predicted octanol–water partition coefficient (Wildman–Crippen LogP) is 4.49. The first kappa shape index (κ1) is 15.5. The summed E-state index contributed by atoms with van der Waals surface area (Å²) in [5.74, 6) is 1.65. The van der Waals surface area contributed by atoms with Crippen LogP contribution in [0.4, 0.5) is 5.69 Å². The lowest BCUT2D eigenvalue weighted by Crippen LogP contribution is -2.12. The fourth-order valence-electron chi connectivity index (χ4n) is 2.03. The van der Waals surface area contributed by atoms with E-state index in [9.17, 15) is 0 Å². The molecule has 0 heterocycles. The average Bonchev–Trinajstić information content (AvgIpc) is 2.52. The molecular weight excluding hydrogens is 286 g/mol. The Labute approximate surface area is 130 Å². The number of halogens is 1. The quantitative estimate of drug-likeness (QED) is 0.604. The van der Waals surface area contributed by atoms with Gasteiger partial charge in [0.1, 0.15) is 18.1 Å². The summed E-state index contributed by atoms with van der Waals surface area (Å²) < 4.78 is 10.8. The van der Waals surface area contributed by atoms with Crippen molar-refractivity contribution in [3.05, 3.63) is 54.1 Å². The Morgan fingerprint density at radius 3 is 2.38 bits per heavy atom. The van der Waals surface area contributed by atoms with E-state index < -0.39 is 0 Å². The number of hydrogen-bond acceptors (Lipinski definition) is 3. The number of para-hydroxylation sites is 1. The first-order valence-corrected chi connectivity index (χ1v) is 7.38. The van der Waals surface area contributed by atoms with E-state index >= 15 is 0 Å². The van der Waals surface area contributed by atoms with E-state index in [0.29, 0.717) is 13.2 Å². The second-order valence-electron chi connectivity index (χ2n) is 4.65. The smallest absolute Gasteiger partial charge is 0.119 e. The van der Waals surface area contributed by atoms with Crippen molar-refractivity contribution >= 4 is 17.3 Å². The summed E-state index contributed by atoms with van der Waals surface area (Å²) in [6.45, 7) is 3.26. The van der Waals surface area contributed by atoms with Crippen molar-refractivity contribution in [2.24, 2.45) is 0 Å². The van der Waals surface area contributed by atoms with Crippen molar-refractivity contribution in [3.8, 4) is 11.5 Å². The van der Waals surface area contributed by atoms with Gasteiger partial charge in [0.05, 0.1) is 12.5 Å². The molecule has 2 aromatic carbocycles. The molecule has 2 rings (SSSR count). The van der Waals surface area contributed by atoms with Crippen molar-refractivity contribution in [2.45, 2.75) is 12.3 Å². The highest BCUT2D eigenvalue weighted by molar-refractivity contribution is 6.21. The molecule has 1 N–H and O–H groups in total. The Balaban J connectivity index is 1.82. The van der Waals surface area contributed by atoms with Gasteiger partial charge in [0.15, 0.2) is 0 Å². The van der Waals surface area contributed by atoms with E-state index in [4.69, 9.17) is 21.1 Å². The monoisotopic (exact) mass is 305 g/mol. The molecule has 0 radical (unpaired) electrons. The number of benzene rings is 2. The van der Waals surface area contributed by atoms with Gasteiger partial charge in [-0.25, -0.2) is 0 Å². The molecule has 3 nitrogen and oxygen atoms in total. The van der Waals surface area contributed by atoms with Crippen LogP contribution in [0.1, 0.15) is 17.9 Å². The van der Waals surface area contributed by atoms with Gasteiger partial charge in [0, 0.05) is 12.2 Å². The third-order valence-corrected chi connectivity index (χ3v) is 3.37. The lowest BCUT2D eigenvalue weighted by molar-refractivity contribution is 0.331. The number of hydrogen-bond donors (Lipinski definition) is 1. The van der Waals surface area contributed by atoms with Gasteiger partial charge in [-0.1, -0.05) is 18.2 Å². The molecule has 0 aliphatic heterocycles. The molecule has 0 amide bonds. The van der Waals surface area contributed by atoms with Gasteiger partial charge in [-0.05, 0) is 42.8 Å². The highest BCUT2D eigenvalue weighted by Gasteiger charge is 2.06. The van der Waals surface area contributed by atoms with Gasteiger partial charge in [-0.2, -0.15) is 0 Å². The lowest BCUT2D eigenvalue weighted by Gasteiger charge is -2.14. The third kappa shape index (κ3) is 4.57. The summed E-state index contributed by atoms with van der Waals surface area (Å²) in [6.07, 6.45) is 0. The Kier molecular flexibility index (Phi) is 5.76. The van der Waals surface area contributed by atoms with Crippen LogP contribution < -0.4 is 14.8 Å². The number of rotatable bonds is 7. The second kappa shape index (κ2) is 7.79. The Bertz CT molecular complexity index is 555. The summed E-state index contributed by atoms with van der Waals surface area (Å²) in [6, 6.07) is 15.6. The van der Waals surface area contributed by atoms with Gasteiger partial charge in [0.25, 0.3) is 0 Å². The van der Waals surface area contributed by atoms with Crippen LogP contribution in [0.15, 0.2) is 48.5 Å². The first-order valence-electron chi connectivity index (χ1n) is 6.94. The Morgan fingerprint density at radius 1 is 1.05 bits per heavy atom. The van der Waals surface area contributed by atoms with E-state index in [0.717, 1.165) is 22.7 Å². The summed E-state index contributed by atoms with van der Waals surface area (Å²) >= 11 is 6.16. The maximum atomic E-state index is 6.16. The second-order valence-corrected chi connectivity index (χ2v) is 5.31. The SMILES string of the molecule is COc1ccc(OCCNc2ccccc2C(C)Cl)cc1. The van der Waals surface area contributed by atoms with Crippen LogP contribution in [0.2, 0.25) is 0 Å². The summed E-state index contributed by atoms with van der Waals surface area (Å²) in [5.41, 5.74) is 2.15. The molecule has 0 bridgehead atoms. The van der Waals surface area contributed by atoms with E-state index in [1.54, 1.807) is 7.11 Å². The average molecular weight is 306 g/mol. The summed E-state index contributed by atoms with van der Waals surface area (Å²) in [7, 11) is 1.65. The molecule has 0 fully saturated rings. The summed E-state index contributed by atoms with van der Waals surface area (Å²) in [5, 5.41) is 3.34. The minimum Gasteiger partial charge on any atom is -0.497 e. The van der Waals surface area contributed by atoms with Gasteiger partial charge >= 0.3 is 0 Å². The fraction of sp³-hybridized carbons (Fsp3) is 0.294. The van der Waals surface area contributed by atoms with E-state index in [2.05, 4.69) is 5.32 Å². The van der Waals surface area contributed by atoms with E-state index in [1.807, 2.05) is 55.5 Å². The normalized spacial score (nSPS) is 11.8. The number of nitrogens with one attached hydrogen (secondary N) is 1.